The number of rotatable bonds is 4. The largest absolute Gasteiger partial charge is 0.326 e. The number of nitriles is 2. The molecule has 0 unspecified atom stereocenters. The van der Waals surface area contributed by atoms with E-state index >= 15 is 0 Å². The maximum Gasteiger partial charge on any atom is 0.227 e. The third-order valence-electron chi connectivity index (χ3n) is 5.03. The van der Waals surface area contributed by atoms with Crippen molar-refractivity contribution in [1.29, 1.82) is 10.5 Å². The van der Waals surface area contributed by atoms with Crippen molar-refractivity contribution in [3.63, 3.8) is 0 Å². The first-order valence-electron chi connectivity index (χ1n) is 9.21. The molecule has 2 N–H and O–H groups in total. The van der Waals surface area contributed by atoms with Gasteiger partial charge in [-0.1, -0.05) is 18.2 Å². The van der Waals surface area contributed by atoms with E-state index in [1.807, 2.05) is 0 Å². The molecule has 0 aromatic heterocycles. The molecule has 3 rings (SSSR count). The first-order chi connectivity index (χ1) is 13.6. The van der Waals surface area contributed by atoms with Crippen molar-refractivity contribution in [2.24, 2.45) is 11.8 Å². The van der Waals surface area contributed by atoms with Crippen molar-refractivity contribution in [3.05, 3.63) is 59.7 Å². The van der Waals surface area contributed by atoms with Gasteiger partial charge in [-0.15, -0.1) is 0 Å². The van der Waals surface area contributed by atoms with Gasteiger partial charge in [-0.25, -0.2) is 0 Å². The highest BCUT2D eigenvalue weighted by Crippen LogP contribution is 2.31. The Bertz CT molecular complexity index is 963. The first-order valence-corrected chi connectivity index (χ1v) is 9.21. The van der Waals surface area contributed by atoms with E-state index in [0.29, 0.717) is 48.2 Å². The van der Waals surface area contributed by atoms with Crippen molar-refractivity contribution in [1.82, 2.24) is 0 Å². The highest BCUT2D eigenvalue weighted by molar-refractivity contribution is 5.95. The Kier molecular flexibility index (Phi) is 6.04. The molecule has 28 heavy (non-hydrogen) atoms. The van der Waals surface area contributed by atoms with Crippen LogP contribution in [0.5, 0.6) is 0 Å². The molecular weight excluding hydrogens is 352 g/mol. The molecule has 0 aliphatic heterocycles. The Morgan fingerprint density at radius 1 is 0.821 bits per heavy atom. The van der Waals surface area contributed by atoms with E-state index in [2.05, 4.69) is 22.8 Å². The van der Waals surface area contributed by atoms with E-state index in [9.17, 15) is 9.59 Å². The maximum atomic E-state index is 12.5. The third-order valence-corrected chi connectivity index (χ3v) is 5.03. The number of nitrogens with one attached hydrogen (secondary N) is 2. The number of hydrogen-bond donors (Lipinski definition) is 2. The van der Waals surface area contributed by atoms with Crippen molar-refractivity contribution in [2.45, 2.75) is 25.7 Å². The lowest BCUT2D eigenvalue weighted by Gasteiger charge is -2.27. The standard InChI is InChI=1S/C22H20N4O2/c23-13-15-4-3-6-19(12-15)25-21(27)16-8-10-17(11-9-16)22(28)26-20-7-2-1-5-18(20)14-24/h1-7,12,16-17H,8-11H2,(H,25,27)(H,26,28). The molecule has 0 radical (unpaired) electrons. The van der Waals surface area contributed by atoms with Gasteiger partial charge in [0, 0.05) is 17.5 Å². The lowest BCUT2D eigenvalue weighted by atomic mass is 9.81. The van der Waals surface area contributed by atoms with Crippen molar-refractivity contribution >= 4 is 23.2 Å². The summed E-state index contributed by atoms with van der Waals surface area (Å²) in [5, 5.41) is 23.8. The fraction of sp³-hybridized carbons (Fsp3) is 0.273. The molecule has 0 saturated heterocycles. The second-order valence-electron chi connectivity index (χ2n) is 6.88. The molecule has 0 atom stereocenters. The summed E-state index contributed by atoms with van der Waals surface area (Å²) in [5.41, 5.74) is 2.06. The number of carbonyl (C=O) groups is 2. The van der Waals surface area contributed by atoms with Crippen LogP contribution in [0.15, 0.2) is 48.5 Å². The molecule has 1 aliphatic rings. The van der Waals surface area contributed by atoms with E-state index in [1.165, 1.54) is 0 Å². The zero-order valence-corrected chi connectivity index (χ0v) is 15.3. The molecule has 1 fully saturated rings. The van der Waals surface area contributed by atoms with E-state index < -0.39 is 0 Å². The summed E-state index contributed by atoms with van der Waals surface area (Å²) < 4.78 is 0. The van der Waals surface area contributed by atoms with Crippen LogP contribution in [0.4, 0.5) is 11.4 Å². The summed E-state index contributed by atoms with van der Waals surface area (Å²) in [6.45, 7) is 0. The normalized spacial score (nSPS) is 18.4. The molecule has 6 heteroatoms. The van der Waals surface area contributed by atoms with Crippen LogP contribution in [0.2, 0.25) is 0 Å². The van der Waals surface area contributed by atoms with Crippen LogP contribution in [0.3, 0.4) is 0 Å². The summed E-state index contributed by atoms with van der Waals surface area (Å²) in [4.78, 5) is 25.0. The fourth-order valence-electron chi connectivity index (χ4n) is 3.45. The van der Waals surface area contributed by atoms with Gasteiger partial charge in [0.25, 0.3) is 0 Å². The lowest BCUT2D eigenvalue weighted by Crippen LogP contribution is -2.32. The van der Waals surface area contributed by atoms with Gasteiger partial charge in [-0.2, -0.15) is 10.5 Å². The highest BCUT2D eigenvalue weighted by Gasteiger charge is 2.30. The SMILES string of the molecule is N#Cc1cccc(NC(=O)C2CCC(C(=O)Nc3ccccc3C#N)CC2)c1. The van der Waals surface area contributed by atoms with E-state index in [1.54, 1.807) is 48.5 Å². The number of amides is 2. The van der Waals surface area contributed by atoms with Crippen LogP contribution in [0.25, 0.3) is 0 Å². The molecule has 140 valence electrons. The minimum absolute atomic E-state index is 0.0798. The van der Waals surface area contributed by atoms with Gasteiger partial charge in [-0.05, 0) is 56.0 Å². The van der Waals surface area contributed by atoms with Gasteiger partial charge in [0.05, 0.1) is 22.9 Å². The number of hydrogen-bond acceptors (Lipinski definition) is 4. The monoisotopic (exact) mass is 372 g/mol. The van der Waals surface area contributed by atoms with Crippen molar-refractivity contribution in [2.75, 3.05) is 10.6 Å². The lowest BCUT2D eigenvalue weighted by molar-refractivity contribution is -0.125. The number of para-hydroxylation sites is 1. The quantitative estimate of drug-likeness (QED) is 0.851. The Morgan fingerprint density at radius 2 is 1.46 bits per heavy atom. The number of carbonyl (C=O) groups excluding carboxylic acids is 2. The Morgan fingerprint density at radius 3 is 2.11 bits per heavy atom. The Labute approximate surface area is 163 Å². The molecule has 2 amide bonds. The Balaban J connectivity index is 1.53. The minimum atomic E-state index is -0.169. The van der Waals surface area contributed by atoms with Gasteiger partial charge in [0.15, 0.2) is 0 Å². The van der Waals surface area contributed by atoms with E-state index in [0.717, 1.165) is 0 Å². The van der Waals surface area contributed by atoms with E-state index in [4.69, 9.17) is 10.5 Å². The minimum Gasteiger partial charge on any atom is -0.326 e. The highest BCUT2D eigenvalue weighted by atomic mass is 16.2. The van der Waals surface area contributed by atoms with Crippen LogP contribution < -0.4 is 10.6 Å². The summed E-state index contributed by atoms with van der Waals surface area (Å²) in [6.07, 6.45) is 2.50. The first kappa shape index (κ1) is 19.1. The maximum absolute atomic E-state index is 12.5. The second-order valence-corrected chi connectivity index (χ2v) is 6.88. The van der Waals surface area contributed by atoms with Gasteiger partial charge in [0.2, 0.25) is 11.8 Å². The zero-order valence-electron chi connectivity index (χ0n) is 15.3. The molecule has 1 aliphatic carbocycles. The molecule has 2 aromatic rings. The van der Waals surface area contributed by atoms with Gasteiger partial charge in [-0.3, -0.25) is 9.59 Å². The number of nitrogens with zero attached hydrogens (tertiary/aromatic N) is 2. The summed E-state index contributed by atoms with van der Waals surface area (Å²) >= 11 is 0. The molecule has 6 nitrogen and oxygen atoms in total. The van der Waals surface area contributed by atoms with E-state index in [-0.39, 0.29) is 23.7 Å². The average Bonchev–Trinajstić information content (AvgIpc) is 2.74. The molecule has 2 aromatic carbocycles. The Hall–Kier alpha value is -3.64. The third kappa shape index (κ3) is 4.55. The predicted molar refractivity (Wildman–Crippen MR) is 105 cm³/mol. The van der Waals surface area contributed by atoms with Gasteiger partial charge >= 0.3 is 0 Å². The predicted octanol–water partition coefficient (Wildman–Crippen LogP) is 3.81. The molecule has 0 bridgehead atoms. The average molecular weight is 372 g/mol. The van der Waals surface area contributed by atoms with Crippen molar-refractivity contribution in [3.8, 4) is 12.1 Å². The zero-order chi connectivity index (χ0) is 19.9. The summed E-state index contributed by atoms with van der Waals surface area (Å²) in [6, 6.07) is 17.8. The smallest absolute Gasteiger partial charge is 0.227 e. The van der Waals surface area contributed by atoms with Crippen LogP contribution in [0, 0.1) is 34.5 Å². The van der Waals surface area contributed by atoms with Gasteiger partial charge < -0.3 is 10.6 Å². The van der Waals surface area contributed by atoms with Crippen LogP contribution >= 0.6 is 0 Å². The van der Waals surface area contributed by atoms with Crippen LogP contribution in [-0.4, -0.2) is 11.8 Å². The molecular formula is C22H20N4O2. The van der Waals surface area contributed by atoms with Gasteiger partial charge in [0.1, 0.15) is 6.07 Å². The fourth-order valence-corrected chi connectivity index (χ4v) is 3.45. The summed E-state index contributed by atoms with van der Waals surface area (Å²) in [7, 11) is 0. The number of benzene rings is 2. The molecule has 0 heterocycles. The molecule has 1 saturated carbocycles. The number of anilines is 2. The van der Waals surface area contributed by atoms with Crippen molar-refractivity contribution < 1.29 is 9.59 Å². The van der Waals surface area contributed by atoms with Crippen LogP contribution in [0.1, 0.15) is 36.8 Å². The topological polar surface area (TPSA) is 106 Å². The molecule has 0 spiro atoms. The second kappa shape index (κ2) is 8.83. The van der Waals surface area contributed by atoms with Crippen LogP contribution in [-0.2, 0) is 9.59 Å². The summed E-state index contributed by atoms with van der Waals surface area (Å²) in [5.74, 6) is -0.508.